The van der Waals surface area contributed by atoms with Crippen LogP contribution in [0, 0.1) is 5.92 Å². The summed E-state index contributed by atoms with van der Waals surface area (Å²) in [6, 6.07) is 0. The number of aromatic nitrogens is 3. The molecule has 1 aromatic heterocycles. The van der Waals surface area contributed by atoms with E-state index in [4.69, 9.17) is 0 Å². The van der Waals surface area contributed by atoms with Crippen molar-refractivity contribution in [3.05, 3.63) is 12.2 Å². The Bertz CT molecular complexity index is 379. The molecule has 0 bridgehead atoms. The summed E-state index contributed by atoms with van der Waals surface area (Å²) in [5, 5.41) is 17.4. The van der Waals surface area contributed by atoms with E-state index in [1.54, 1.807) is 6.33 Å². The molecule has 102 valence electrons. The summed E-state index contributed by atoms with van der Waals surface area (Å²) >= 11 is 0. The number of hydrogen-bond donors (Lipinski definition) is 2. The van der Waals surface area contributed by atoms with Crippen molar-refractivity contribution in [2.24, 2.45) is 5.92 Å². The monoisotopic (exact) mass is 252 g/mol. The summed E-state index contributed by atoms with van der Waals surface area (Å²) in [6.45, 7) is 6.04. The zero-order chi connectivity index (χ0) is 13.0. The molecule has 2 rings (SSSR count). The number of hydrogen-bond acceptors (Lipinski definition) is 4. The Labute approximate surface area is 109 Å². The van der Waals surface area contributed by atoms with Gasteiger partial charge in [-0.05, 0) is 25.7 Å². The fourth-order valence-electron chi connectivity index (χ4n) is 2.98. The molecule has 2 atom stereocenters. The molecule has 1 aliphatic rings. The van der Waals surface area contributed by atoms with Crippen LogP contribution in [0.1, 0.15) is 45.4 Å². The van der Waals surface area contributed by atoms with Gasteiger partial charge in [-0.25, -0.2) is 9.67 Å². The molecule has 0 saturated heterocycles. The SMILES string of the molecule is CCn1ncnc1CNC1(CO)CCCC(C)C1. The largest absolute Gasteiger partial charge is 0.394 e. The normalized spacial score (nSPS) is 28.5. The zero-order valence-corrected chi connectivity index (χ0v) is 11.4. The second-order valence-electron chi connectivity index (χ2n) is 5.49. The van der Waals surface area contributed by atoms with Crippen LogP contribution in [0.2, 0.25) is 0 Å². The van der Waals surface area contributed by atoms with Gasteiger partial charge in [0.25, 0.3) is 0 Å². The van der Waals surface area contributed by atoms with Gasteiger partial charge in [0.2, 0.25) is 0 Å². The molecule has 18 heavy (non-hydrogen) atoms. The van der Waals surface area contributed by atoms with E-state index in [9.17, 15) is 5.11 Å². The Morgan fingerprint density at radius 1 is 1.61 bits per heavy atom. The van der Waals surface area contributed by atoms with Gasteiger partial charge in [-0.15, -0.1) is 0 Å². The Balaban J connectivity index is 1.98. The molecule has 0 aromatic carbocycles. The Kier molecular flexibility index (Phi) is 4.35. The van der Waals surface area contributed by atoms with Gasteiger partial charge in [0.05, 0.1) is 13.2 Å². The molecule has 0 aliphatic heterocycles. The van der Waals surface area contributed by atoms with Gasteiger partial charge < -0.3 is 10.4 Å². The van der Waals surface area contributed by atoms with E-state index >= 15 is 0 Å². The van der Waals surface area contributed by atoms with E-state index in [2.05, 4.69) is 29.2 Å². The van der Waals surface area contributed by atoms with Crippen molar-refractivity contribution in [3.8, 4) is 0 Å². The van der Waals surface area contributed by atoms with E-state index in [1.807, 2.05) is 4.68 Å². The lowest BCUT2D eigenvalue weighted by atomic mass is 9.77. The molecule has 1 aliphatic carbocycles. The lowest BCUT2D eigenvalue weighted by Crippen LogP contribution is -2.51. The van der Waals surface area contributed by atoms with Crippen molar-refractivity contribution in [2.45, 2.75) is 58.2 Å². The summed E-state index contributed by atoms with van der Waals surface area (Å²) in [7, 11) is 0. The summed E-state index contributed by atoms with van der Waals surface area (Å²) < 4.78 is 1.89. The smallest absolute Gasteiger partial charge is 0.140 e. The molecule has 5 nitrogen and oxygen atoms in total. The Hall–Kier alpha value is -0.940. The Morgan fingerprint density at radius 2 is 2.44 bits per heavy atom. The van der Waals surface area contributed by atoms with Crippen molar-refractivity contribution in [1.29, 1.82) is 0 Å². The molecule has 0 radical (unpaired) electrons. The first-order valence-corrected chi connectivity index (χ1v) is 6.91. The van der Waals surface area contributed by atoms with E-state index in [1.165, 1.54) is 12.8 Å². The summed E-state index contributed by atoms with van der Waals surface area (Å²) in [5.41, 5.74) is -0.123. The van der Waals surface area contributed by atoms with Gasteiger partial charge in [0.1, 0.15) is 12.2 Å². The standard InChI is InChI=1S/C13H24N4O/c1-3-17-12(14-10-16-17)8-15-13(9-18)6-4-5-11(2)7-13/h10-11,15,18H,3-9H2,1-2H3. The van der Waals surface area contributed by atoms with E-state index in [0.717, 1.165) is 25.2 Å². The van der Waals surface area contributed by atoms with Crippen LogP contribution in [0.25, 0.3) is 0 Å². The topological polar surface area (TPSA) is 63.0 Å². The maximum absolute atomic E-state index is 9.71. The second-order valence-corrected chi connectivity index (χ2v) is 5.49. The predicted molar refractivity (Wildman–Crippen MR) is 70.0 cm³/mol. The summed E-state index contributed by atoms with van der Waals surface area (Å²) in [6.07, 6.45) is 6.15. The van der Waals surface area contributed by atoms with Crippen molar-refractivity contribution < 1.29 is 5.11 Å². The quantitative estimate of drug-likeness (QED) is 0.830. The highest BCUT2D eigenvalue weighted by Gasteiger charge is 2.34. The van der Waals surface area contributed by atoms with E-state index in [0.29, 0.717) is 12.5 Å². The van der Waals surface area contributed by atoms with E-state index < -0.39 is 0 Å². The molecule has 1 heterocycles. The van der Waals surface area contributed by atoms with Gasteiger partial charge in [-0.3, -0.25) is 0 Å². The van der Waals surface area contributed by atoms with Crippen molar-refractivity contribution >= 4 is 0 Å². The minimum absolute atomic E-state index is 0.123. The second kappa shape index (κ2) is 5.80. The minimum Gasteiger partial charge on any atom is -0.394 e. The van der Waals surface area contributed by atoms with Gasteiger partial charge in [-0.2, -0.15) is 5.10 Å². The molecule has 1 fully saturated rings. The fourth-order valence-corrected chi connectivity index (χ4v) is 2.98. The highest BCUT2D eigenvalue weighted by atomic mass is 16.3. The molecular weight excluding hydrogens is 228 g/mol. The van der Waals surface area contributed by atoms with Gasteiger partial charge in [0, 0.05) is 12.1 Å². The van der Waals surface area contributed by atoms with Crippen LogP contribution in [0.3, 0.4) is 0 Å². The first kappa shape index (κ1) is 13.5. The molecule has 1 aromatic rings. The molecule has 2 unspecified atom stereocenters. The maximum Gasteiger partial charge on any atom is 0.140 e. The third-order valence-electron chi connectivity index (χ3n) is 4.01. The molecule has 0 spiro atoms. The average Bonchev–Trinajstić information content (AvgIpc) is 2.84. The van der Waals surface area contributed by atoms with Crippen LogP contribution in [-0.4, -0.2) is 32.0 Å². The summed E-state index contributed by atoms with van der Waals surface area (Å²) in [5.74, 6) is 1.63. The number of nitrogens with zero attached hydrogens (tertiary/aromatic N) is 3. The van der Waals surface area contributed by atoms with Gasteiger partial charge in [-0.1, -0.05) is 19.8 Å². The Morgan fingerprint density at radius 3 is 3.11 bits per heavy atom. The average molecular weight is 252 g/mol. The molecule has 1 saturated carbocycles. The zero-order valence-electron chi connectivity index (χ0n) is 11.4. The minimum atomic E-state index is -0.123. The maximum atomic E-state index is 9.71. The first-order chi connectivity index (χ1) is 8.69. The molecule has 5 heteroatoms. The molecule has 0 amide bonds. The number of aliphatic hydroxyl groups is 1. The van der Waals surface area contributed by atoms with Crippen LogP contribution >= 0.6 is 0 Å². The predicted octanol–water partition coefficient (Wildman–Crippen LogP) is 1.33. The number of aryl methyl sites for hydroxylation is 1. The van der Waals surface area contributed by atoms with E-state index in [-0.39, 0.29) is 12.1 Å². The highest BCUT2D eigenvalue weighted by molar-refractivity contribution is 4.95. The molecular formula is C13H24N4O. The molecule has 2 N–H and O–H groups in total. The lowest BCUT2D eigenvalue weighted by molar-refractivity contribution is 0.0971. The lowest BCUT2D eigenvalue weighted by Gasteiger charge is -2.39. The third kappa shape index (κ3) is 2.90. The highest BCUT2D eigenvalue weighted by Crippen LogP contribution is 2.32. The number of rotatable bonds is 5. The first-order valence-electron chi connectivity index (χ1n) is 6.91. The summed E-state index contributed by atoms with van der Waals surface area (Å²) in [4.78, 5) is 4.26. The number of nitrogens with one attached hydrogen (secondary N) is 1. The van der Waals surface area contributed by atoms with Crippen molar-refractivity contribution in [2.75, 3.05) is 6.61 Å². The van der Waals surface area contributed by atoms with Crippen molar-refractivity contribution in [3.63, 3.8) is 0 Å². The van der Waals surface area contributed by atoms with Gasteiger partial charge in [0.15, 0.2) is 0 Å². The number of aliphatic hydroxyl groups excluding tert-OH is 1. The van der Waals surface area contributed by atoms with Gasteiger partial charge >= 0.3 is 0 Å². The third-order valence-corrected chi connectivity index (χ3v) is 4.01. The van der Waals surface area contributed by atoms with Crippen LogP contribution in [0.5, 0.6) is 0 Å². The van der Waals surface area contributed by atoms with Crippen LogP contribution in [0.4, 0.5) is 0 Å². The van der Waals surface area contributed by atoms with Crippen LogP contribution in [0.15, 0.2) is 6.33 Å². The van der Waals surface area contributed by atoms with Crippen molar-refractivity contribution in [1.82, 2.24) is 20.1 Å². The van der Waals surface area contributed by atoms with Crippen LogP contribution < -0.4 is 5.32 Å². The fraction of sp³-hybridized carbons (Fsp3) is 0.846. The van der Waals surface area contributed by atoms with Crippen LogP contribution in [-0.2, 0) is 13.1 Å².